The number of aromatic nitrogens is 2. The van der Waals surface area contributed by atoms with Crippen molar-refractivity contribution in [2.24, 2.45) is 0 Å². The molecule has 7 nitrogen and oxygen atoms in total. The van der Waals surface area contributed by atoms with Crippen molar-refractivity contribution >= 4 is 23.0 Å². The van der Waals surface area contributed by atoms with Crippen molar-refractivity contribution in [1.82, 2.24) is 25.1 Å². The number of fused-ring (bicyclic) bond motifs is 1. The molecular weight excluding hydrogens is 318 g/mol. The second-order valence-electron chi connectivity index (χ2n) is 6.61. The number of rotatable bonds is 5. The summed E-state index contributed by atoms with van der Waals surface area (Å²) in [6.07, 6.45) is 1.04. The third-order valence-electron chi connectivity index (χ3n) is 4.72. The van der Waals surface area contributed by atoms with Gasteiger partial charge in [-0.2, -0.15) is 0 Å². The first kappa shape index (κ1) is 17.3. The molecule has 0 saturated carbocycles. The highest BCUT2D eigenvalue weighted by Crippen LogP contribution is 2.16. The number of nitrogens with one attached hydrogen (secondary N) is 2. The zero-order valence-electron chi connectivity index (χ0n) is 15.0. The SMILES string of the molecule is CCN1C[C@H](NC(=O)N(C)CCc2nc3c(C)cccc3[nH]2)CC1=O. The molecule has 2 heterocycles. The van der Waals surface area contributed by atoms with Crippen LogP contribution in [0.1, 0.15) is 24.7 Å². The number of likely N-dealkylation sites (tertiary alicyclic amines) is 1. The molecule has 0 radical (unpaired) electrons. The molecule has 1 fully saturated rings. The molecule has 0 aliphatic carbocycles. The molecule has 2 N–H and O–H groups in total. The van der Waals surface area contributed by atoms with E-state index in [2.05, 4.69) is 15.3 Å². The van der Waals surface area contributed by atoms with E-state index in [1.54, 1.807) is 16.8 Å². The Morgan fingerprint density at radius 2 is 2.28 bits per heavy atom. The van der Waals surface area contributed by atoms with Crippen LogP contribution in [0.5, 0.6) is 0 Å². The number of aryl methyl sites for hydroxylation is 1. The van der Waals surface area contributed by atoms with Gasteiger partial charge in [-0.05, 0) is 25.5 Å². The fourth-order valence-corrected chi connectivity index (χ4v) is 3.18. The van der Waals surface area contributed by atoms with Crippen LogP contribution in [0.4, 0.5) is 4.79 Å². The minimum atomic E-state index is -0.150. The molecule has 0 bridgehead atoms. The number of aromatic amines is 1. The van der Waals surface area contributed by atoms with E-state index < -0.39 is 0 Å². The lowest BCUT2D eigenvalue weighted by Gasteiger charge is -2.20. The number of carbonyl (C=O) groups is 2. The van der Waals surface area contributed by atoms with Gasteiger partial charge in [0.2, 0.25) is 5.91 Å². The highest BCUT2D eigenvalue weighted by atomic mass is 16.2. The highest BCUT2D eigenvalue weighted by molar-refractivity contribution is 5.81. The van der Waals surface area contributed by atoms with E-state index >= 15 is 0 Å². The Bertz CT molecular complexity index is 785. The molecule has 3 amide bonds. The first-order valence-corrected chi connectivity index (χ1v) is 8.71. The second-order valence-corrected chi connectivity index (χ2v) is 6.61. The van der Waals surface area contributed by atoms with Crippen molar-refractivity contribution in [3.63, 3.8) is 0 Å². The summed E-state index contributed by atoms with van der Waals surface area (Å²) in [6, 6.07) is 5.79. The van der Waals surface area contributed by atoms with Crippen LogP contribution in [-0.2, 0) is 11.2 Å². The summed E-state index contributed by atoms with van der Waals surface area (Å²) in [4.78, 5) is 35.4. The van der Waals surface area contributed by atoms with Crippen molar-refractivity contribution in [2.45, 2.75) is 32.7 Å². The van der Waals surface area contributed by atoms with Crippen LogP contribution in [0.25, 0.3) is 11.0 Å². The number of likely N-dealkylation sites (N-methyl/N-ethyl adjacent to an activating group) is 2. The van der Waals surface area contributed by atoms with Gasteiger partial charge >= 0.3 is 6.03 Å². The van der Waals surface area contributed by atoms with Crippen molar-refractivity contribution in [1.29, 1.82) is 0 Å². The first-order valence-electron chi connectivity index (χ1n) is 8.71. The molecule has 1 saturated heterocycles. The van der Waals surface area contributed by atoms with Gasteiger partial charge in [-0.15, -0.1) is 0 Å². The molecule has 1 aromatic heterocycles. The third kappa shape index (κ3) is 3.75. The number of urea groups is 1. The van der Waals surface area contributed by atoms with Crippen molar-refractivity contribution < 1.29 is 9.59 Å². The third-order valence-corrected chi connectivity index (χ3v) is 4.72. The van der Waals surface area contributed by atoms with Crippen LogP contribution in [0.3, 0.4) is 0 Å². The van der Waals surface area contributed by atoms with Crippen LogP contribution < -0.4 is 5.32 Å². The van der Waals surface area contributed by atoms with E-state index in [9.17, 15) is 9.59 Å². The Balaban J connectivity index is 1.53. The number of imidazole rings is 1. The summed E-state index contributed by atoms with van der Waals surface area (Å²) in [5.74, 6) is 0.977. The molecule has 1 aliphatic heterocycles. The van der Waals surface area contributed by atoms with Gasteiger partial charge in [-0.3, -0.25) is 4.79 Å². The van der Waals surface area contributed by atoms with Crippen LogP contribution in [0.2, 0.25) is 0 Å². The summed E-state index contributed by atoms with van der Waals surface area (Å²) >= 11 is 0. The normalized spacial score (nSPS) is 17.3. The van der Waals surface area contributed by atoms with Gasteiger partial charge in [0.05, 0.1) is 17.1 Å². The van der Waals surface area contributed by atoms with Crippen LogP contribution in [0.15, 0.2) is 18.2 Å². The van der Waals surface area contributed by atoms with Crippen LogP contribution in [0, 0.1) is 6.92 Å². The van der Waals surface area contributed by atoms with E-state index in [-0.39, 0.29) is 18.0 Å². The Morgan fingerprint density at radius 1 is 1.48 bits per heavy atom. The molecule has 134 valence electrons. The van der Waals surface area contributed by atoms with Gasteiger partial charge in [0.15, 0.2) is 0 Å². The zero-order chi connectivity index (χ0) is 18.0. The molecule has 3 rings (SSSR count). The lowest BCUT2D eigenvalue weighted by Crippen LogP contribution is -2.44. The summed E-state index contributed by atoms with van der Waals surface area (Å²) in [5, 5.41) is 2.94. The number of benzene rings is 1. The van der Waals surface area contributed by atoms with E-state index in [0.29, 0.717) is 32.5 Å². The Morgan fingerprint density at radius 3 is 2.96 bits per heavy atom. The van der Waals surface area contributed by atoms with E-state index in [0.717, 1.165) is 22.4 Å². The predicted octanol–water partition coefficient (Wildman–Crippen LogP) is 1.68. The van der Waals surface area contributed by atoms with Crippen LogP contribution >= 0.6 is 0 Å². The van der Waals surface area contributed by atoms with E-state index in [4.69, 9.17) is 0 Å². The summed E-state index contributed by atoms with van der Waals surface area (Å²) < 4.78 is 0. The number of carbonyl (C=O) groups excluding carboxylic acids is 2. The monoisotopic (exact) mass is 343 g/mol. The number of para-hydroxylation sites is 1. The molecular formula is C18H25N5O2. The highest BCUT2D eigenvalue weighted by Gasteiger charge is 2.29. The largest absolute Gasteiger partial charge is 0.342 e. The van der Waals surface area contributed by atoms with Gasteiger partial charge < -0.3 is 20.1 Å². The van der Waals surface area contributed by atoms with Crippen LogP contribution in [-0.4, -0.2) is 64.4 Å². The zero-order valence-corrected chi connectivity index (χ0v) is 15.0. The molecule has 7 heteroatoms. The minimum absolute atomic E-state index is 0.101. The summed E-state index contributed by atoms with van der Waals surface area (Å²) in [5.41, 5.74) is 3.14. The fraction of sp³-hybridized carbons (Fsp3) is 0.500. The quantitative estimate of drug-likeness (QED) is 0.866. The van der Waals surface area contributed by atoms with Gasteiger partial charge in [0.25, 0.3) is 0 Å². The molecule has 1 aromatic carbocycles. The molecule has 0 unspecified atom stereocenters. The summed E-state index contributed by atoms with van der Waals surface area (Å²) in [6.45, 7) is 5.82. The topological polar surface area (TPSA) is 81.3 Å². The Kier molecular flexibility index (Phi) is 4.92. The van der Waals surface area contributed by atoms with Gasteiger partial charge in [0.1, 0.15) is 5.82 Å². The number of H-pyrrole nitrogens is 1. The molecule has 1 aliphatic rings. The number of hydrogen-bond donors (Lipinski definition) is 2. The van der Waals surface area contributed by atoms with Crippen molar-refractivity contribution in [2.75, 3.05) is 26.7 Å². The maximum atomic E-state index is 12.3. The fourth-order valence-electron chi connectivity index (χ4n) is 3.18. The summed E-state index contributed by atoms with van der Waals surface area (Å²) in [7, 11) is 1.76. The maximum Gasteiger partial charge on any atom is 0.317 e. The lowest BCUT2D eigenvalue weighted by atomic mass is 10.2. The second kappa shape index (κ2) is 7.13. The number of amides is 3. The van der Waals surface area contributed by atoms with E-state index in [1.807, 2.05) is 32.0 Å². The number of nitrogens with zero attached hydrogens (tertiary/aromatic N) is 3. The molecule has 25 heavy (non-hydrogen) atoms. The maximum absolute atomic E-state index is 12.3. The average Bonchev–Trinajstić information content (AvgIpc) is 3.16. The minimum Gasteiger partial charge on any atom is -0.342 e. The smallest absolute Gasteiger partial charge is 0.317 e. The Labute approximate surface area is 147 Å². The van der Waals surface area contributed by atoms with E-state index in [1.165, 1.54) is 0 Å². The lowest BCUT2D eigenvalue weighted by molar-refractivity contribution is -0.127. The number of hydrogen-bond acceptors (Lipinski definition) is 3. The molecule has 0 spiro atoms. The molecule has 2 aromatic rings. The molecule has 1 atom stereocenters. The van der Waals surface area contributed by atoms with Gasteiger partial charge in [-0.25, -0.2) is 9.78 Å². The standard InChI is InChI=1S/C18H25N5O2/c1-4-23-11-13(10-16(23)24)19-18(25)22(3)9-8-15-20-14-7-5-6-12(2)17(14)21-15/h5-7,13H,4,8-11H2,1-3H3,(H,19,25)(H,20,21)/t13-/m1/s1. The Hall–Kier alpha value is -2.57. The van der Waals surface area contributed by atoms with Gasteiger partial charge in [-0.1, -0.05) is 12.1 Å². The van der Waals surface area contributed by atoms with Gasteiger partial charge in [0, 0.05) is 39.5 Å². The van der Waals surface area contributed by atoms with Crippen molar-refractivity contribution in [3.8, 4) is 0 Å². The average molecular weight is 343 g/mol. The first-order chi connectivity index (χ1) is 12.0. The predicted molar refractivity (Wildman–Crippen MR) is 96.4 cm³/mol. The van der Waals surface area contributed by atoms with Crippen molar-refractivity contribution in [3.05, 3.63) is 29.6 Å².